The molecular weight excluding hydrogens is 456 g/mol. The van der Waals surface area contributed by atoms with Gasteiger partial charge in [0.15, 0.2) is 0 Å². The Morgan fingerprint density at radius 3 is 2.74 bits per heavy atom. The maximum absolute atomic E-state index is 12.5. The molecule has 0 radical (unpaired) electrons. The lowest BCUT2D eigenvalue weighted by atomic mass is 10.1. The maximum Gasteiger partial charge on any atom is 0.204 e. The third-order valence-corrected chi connectivity index (χ3v) is 4.01. The molecule has 0 aliphatic carbocycles. The molecule has 34 heavy (non-hydrogen) atoms. The number of halogens is 1. The number of ketones is 1. The normalized spacial score (nSPS) is 15.7. The van der Waals surface area contributed by atoms with Crippen LogP contribution in [0.3, 0.4) is 0 Å². The Morgan fingerprint density at radius 1 is 1.35 bits per heavy atom. The summed E-state index contributed by atoms with van der Waals surface area (Å²) in [4.78, 5) is 12.0. The minimum Gasteiger partial charge on any atom is -0.495 e. The summed E-state index contributed by atoms with van der Waals surface area (Å²) in [7, 11) is 4.01. The van der Waals surface area contributed by atoms with Gasteiger partial charge in [0, 0.05) is 12.8 Å². The molecule has 1 heterocycles. The molecule has 1 atom stereocenters. The molecule has 0 spiro atoms. The van der Waals surface area contributed by atoms with E-state index < -0.39 is 5.78 Å². The van der Waals surface area contributed by atoms with Crippen LogP contribution in [-0.2, 0) is 19.0 Å². The number of hydrazone groups is 1. The number of carbonyl (C=O) groups excluding carboxylic acids is 1. The summed E-state index contributed by atoms with van der Waals surface area (Å²) < 4.78 is 28.4. The smallest absolute Gasteiger partial charge is 0.204 e. The van der Waals surface area contributed by atoms with Crippen LogP contribution in [0.2, 0.25) is 0 Å². The van der Waals surface area contributed by atoms with Crippen LogP contribution in [0.15, 0.2) is 102 Å². The zero-order valence-electron chi connectivity index (χ0n) is 20.1. The van der Waals surface area contributed by atoms with E-state index in [0.29, 0.717) is 31.8 Å². The number of hydrogen-bond donors (Lipinski definition) is 2. The number of ether oxygens (including phenoxy) is 3. The predicted molar refractivity (Wildman–Crippen MR) is 141 cm³/mol. The molecular formula is C25H35FN3O4P. The molecule has 0 aromatic carbocycles. The minimum atomic E-state index is -0.414. The molecule has 0 aromatic heterocycles. The lowest BCUT2D eigenvalue weighted by Crippen LogP contribution is -2.23. The Morgan fingerprint density at radius 2 is 2.12 bits per heavy atom. The highest BCUT2D eigenvalue weighted by Crippen LogP contribution is 2.15. The molecule has 0 aromatic rings. The quantitative estimate of drug-likeness (QED) is 0.0704. The van der Waals surface area contributed by atoms with Crippen molar-refractivity contribution in [2.45, 2.75) is 13.8 Å². The third-order valence-electron chi connectivity index (χ3n) is 3.79. The molecule has 0 saturated carbocycles. The van der Waals surface area contributed by atoms with Crippen LogP contribution in [0.1, 0.15) is 13.8 Å². The molecule has 186 valence electrons. The van der Waals surface area contributed by atoms with Crippen LogP contribution >= 0.6 is 9.24 Å². The van der Waals surface area contributed by atoms with Gasteiger partial charge in [-0.05, 0) is 42.0 Å². The van der Waals surface area contributed by atoms with Crippen LogP contribution in [0, 0.1) is 0 Å². The van der Waals surface area contributed by atoms with Crippen molar-refractivity contribution in [1.82, 2.24) is 10.7 Å². The topological polar surface area (TPSA) is 81.2 Å². The maximum atomic E-state index is 12.5. The second-order valence-electron chi connectivity index (χ2n) is 6.09. The van der Waals surface area contributed by atoms with Gasteiger partial charge in [0.1, 0.15) is 24.7 Å². The van der Waals surface area contributed by atoms with Crippen LogP contribution in [0.5, 0.6) is 0 Å². The first-order valence-corrected chi connectivity index (χ1v) is 11.3. The Kier molecular flexibility index (Phi) is 18.5. The largest absolute Gasteiger partial charge is 0.495 e. The van der Waals surface area contributed by atoms with E-state index in [2.05, 4.69) is 38.2 Å². The second-order valence-corrected chi connectivity index (χ2v) is 6.47. The average Bonchev–Trinajstić information content (AvgIpc) is 2.86. The first-order valence-electron chi connectivity index (χ1n) is 10.6. The SMILES string of the molecule is C=CC(=O)/C(CO/C=C/C=C1/NCC(OCCOC)=CC1=C)=N\NC(/C=C/F)=C/C=C/P.CC. The van der Waals surface area contributed by atoms with Gasteiger partial charge in [-0.15, -0.1) is 9.24 Å². The van der Waals surface area contributed by atoms with Gasteiger partial charge in [0.2, 0.25) is 5.78 Å². The summed E-state index contributed by atoms with van der Waals surface area (Å²) in [6.07, 6.45) is 12.7. The Labute approximate surface area is 204 Å². The van der Waals surface area contributed by atoms with Crippen molar-refractivity contribution >= 4 is 20.7 Å². The summed E-state index contributed by atoms with van der Waals surface area (Å²) in [5.74, 6) is 2.06. The van der Waals surface area contributed by atoms with Crippen molar-refractivity contribution in [2.75, 3.05) is 33.5 Å². The minimum absolute atomic E-state index is 0.0753. The Bertz CT molecular complexity index is 871. The molecule has 1 rings (SSSR count). The van der Waals surface area contributed by atoms with Gasteiger partial charge in [-0.3, -0.25) is 10.2 Å². The number of nitrogens with one attached hydrogen (secondary N) is 2. The predicted octanol–water partition coefficient (Wildman–Crippen LogP) is 4.59. The van der Waals surface area contributed by atoms with Crippen LogP contribution in [0.4, 0.5) is 4.39 Å². The van der Waals surface area contributed by atoms with E-state index in [0.717, 1.165) is 23.1 Å². The highest BCUT2D eigenvalue weighted by atomic mass is 31.0. The standard InChI is InChI=1S/C23H29FN3O4P.C2H6/c1-4-23(28)22(27-26-19(9-10-24)7-6-14-32)17-30-11-5-8-21-18(2)15-20(16-25-21)31-13-12-29-3;1-2/h4-11,14-15,25-26H,1-2,12-13,16-17,32H2,3H3;1-2H3/b10-9+,11-5+,14-6+,19-7+,21-8+,27-22-;. The zero-order valence-corrected chi connectivity index (χ0v) is 21.2. The monoisotopic (exact) mass is 491 g/mol. The van der Waals surface area contributed by atoms with E-state index in [4.69, 9.17) is 14.2 Å². The second kappa shape index (κ2) is 20.4. The highest BCUT2D eigenvalue weighted by Gasteiger charge is 2.11. The number of hydrogen-bond acceptors (Lipinski definition) is 7. The number of methoxy groups -OCH3 is 1. The van der Waals surface area contributed by atoms with Gasteiger partial charge in [-0.1, -0.05) is 38.9 Å². The van der Waals surface area contributed by atoms with Crippen molar-refractivity contribution in [3.8, 4) is 0 Å². The lowest BCUT2D eigenvalue weighted by Gasteiger charge is -2.20. The lowest BCUT2D eigenvalue weighted by molar-refractivity contribution is -0.109. The van der Waals surface area contributed by atoms with E-state index >= 15 is 0 Å². The van der Waals surface area contributed by atoms with Crippen molar-refractivity contribution in [1.29, 1.82) is 0 Å². The number of carbonyl (C=O) groups is 1. The summed E-state index contributed by atoms with van der Waals surface area (Å²) in [5.41, 5.74) is 4.63. The molecule has 1 aliphatic heterocycles. The first kappa shape index (κ1) is 30.8. The zero-order chi connectivity index (χ0) is 25.6. The fourth-order valence-corrected chi connectivity index (χ4v) is 2.33. The Balaban J connectivity index is 0.00000529. The molecule has 0 fully saturated rings. The molecule has 1 unspecified atom stereocenters. The fraction of sp³-hybridized carbons (Fsp3) is 0.280. The first-order chi connectivity index (χ1) is 16.5. The third kappa shape index (κ3) is 13.4. The summed E-state index contributed by atoms with van der Waals surface area (Å²) in [6.45, 7) is 12.9. The summed E-state index contributed by atoms with van der Waals surface area (Å²) in [6, 6.07) is 0. The van der Waals surface area contributed by atoms with Crippen molar-refractivity contribution < 1.29 is 23.4 Å². The van der Waals surface area contributed by atoms with Gasteiger partial charge in [0.05, 0.1) is 31.4 Å². The molecule has 0 amide bonds. The average molecular weight is 492 g/mol. The van der Waals surface area contributed by atoms with Gasteiger partial charge >= 0.3 is 0 Å². The molecule has 0 bridgehead atoms. The molecule has 1 aliphatic rings. The van der Waals surface area contributed by atoms with E-state index in [1.807, 2.05) is 19.9 Å². The van der Waals surface area contributed by atoms with Crippen molar-refractivity contribution in [3.05, 3.63) is 96.8 Å². The van der Waals surface area contributed by atoms with E-state index in [-0.39, 0.29) is 12.3 Å². The summed E-state index contributed by atoms with van der Waals surface area (Å²) in [5, 5.41) is 7.20. The summed E-state index contributed by atoms with van der Waals surface area (Å²) >= 11 is 0. The van der Waals surface area contributed by atoms with E-state index in [1.54, 1.807) is 37.2 Å². The van der Waals surface area contributed by atoms with Gasteiger partial charge in [0.25, 0.3) is 0 Å². The Hall–Kier alpha value is -3.22. The molecule has 0 saturated heterocycles. The van der Waals surface area contributed by atoms with Gasteiger partial charge in [-0.2, -0.15) is 5.10 Å². The number of nitrogens with zero attached hydrogens (tertiary/aromatic N) is 1. The highest BCUT2D eigenvalue weighted by molar-refractivity contribution is 7.20. The molecule has 2 N–H and O–H groups in total. The van der Waals surface area contributed by atoms with Crippen LogP contribution in [-0.4, -0.2) is 45.0 Å². The van der Waals surface area contributed by atoms with E-state index in [1.165, 1.54) is 12.3 Å². The van der Waals surface area contributed by atoms with E-state index in [9.17, 15) is 9.18 Å². The van der Waals surface area contributed by atoms with Crippen molar-refractivity contribution in [3.63, 3.8) is 0 Å². The fourth-order valence-electron chi connectivity index (χ4n) is 2.22. The van der Waals surface area contributed by atoms with Gasteiger partial charge < -0.3 is 19.5 Å². The van der Waals surface area contributed by atoms with Gasteiger partial charge in [-0.25, -0.2) is 4.39 Å². The molecule has 9 heteroatoms. The number of rotatable bonds is 14. The number of allylic oxidation sites excluding steroid dienone is 7. The van der Waals surface area contributed by atoms with Crippen molar-refractivity contribution in [2.24, 2.45) is 5.10 Å². The van der Waals surface area contributed by atoms with Crippen LogP contribution in [0.25, 0.3) is 0 Å². The van der Waals surface area contributed by atoms with Crippen LogP contribution < -0.4 is 10.7 Å². The molecule has 7 nitrogen and oxygen atoms in total.